The third-order valence-electron chi connectivity index (χ3n) is 10.3. The molecule has 3 aliphatic carbocycles. The lowest BCUT2D eigenvalue weighted by atomic mass is 9.47. The molecular formula is C31H40O8. The maximum atomic E-state index is 14.4. The summed E-state index contributed by atoms with van der Waals surface area (Å²) in [4.78, 5) is 39.7. The largest absolute Gasteiger partial charge is 0.458 e. The molecule has 0 aromatic heterocycles. The zero-order valence-corrected chi connectivity index (χ0v) is 23.4. The molecule has 0 radical (unpaired) electrons. The Bertz CT molecular complexity index is 1190. The van der Waals surface area contributed by atoms with E-state index >= 15 is 0 Å². The van der Waals surface area contributed by atoms with Gasteiger partial charge in [-0.2, -0.15) is 0 Å². The topological polar surface area (TPSA) is 119 Å². The van der Waals surface area contributed by atoms with Crippen molar-refractivity contribution in [3.8, 4) is 0 Å². The van der Waals surface area contributed by atoms with Crippen molar-refractivity contribution in [1.29, 1.82) is 0 Å². The number of ketones is 1. The van der Waals surface area contributed by atoms with Crippen LogP contribution in [0, 0.1) is 22.7 Å². The molecular weight excluding hydrogens is 500 g/mol. The fourth-order valence-electron chi connectivity index (χ4n) is 7.63. The van der Waals surface area contributed by atoms with Gasteiger partial charge in [-0.05, 0) is 49.3 Å². The molecule has 212 valence electrons. The number of aliphatic hydroxyl groups excluding tert-OH is 1. The van der Waals surface area contributed by atoms with Crippen LogP contribution in [0.1, 0.15) is 65.9 Å². The number of hydrogen-bond acceptors (Lipinski definition) is 8. The first-order valence-corrected chi connectivity index (χ1v) is 14.0. The lowest BCUT2D eigenvalue weighted by Crippen LogP contribution is -2.69. The fourth-order valence-corrected chi connectivity index (χ4v) is 7.63. The van der Waals surface area contributed by atoms with Gasteiger partial charge in [0, 0.05) is 37.5 Å². The highest BCUT2D eigenvalue weighted by atomic mass is 16.6. The van der Waals surface area contributed by atoms with Crippen molar-refractivity contribution < 1.29 is 38.8 Å². The summed E-state index contributed by atoms with van der Waals surface area (Å²) < 4.78 is 17.4. The van der Waals surface area contributed by atoms with Crippen molar-refractivity contribution in [3.63, 3.8) is 0 Å². The van der Waals surface area contributed by atoms with Crippen LogP contribution in [0.2, 0.25) is 0 Å². The molecule has 8 heteroatoms. The van der Waals surface area contributed by atoms with Crippen LogP contribution in [-0.2, 0) is 35.0 Å². The summed E-state index contributed by atoms with van der Waals surface area (Å²) in [5.74, 6) is -1.82. The minimum absolute atomic E-state index is 0.0134. The number of carbonyl (C=O) groups is 3. The zero-order valence-electron chi connectivity index (χ0n) is 23.4. The predicted molar refractivity (Wildman–Crippen MR) is 141 cm³/mol. The minimum Gasteiger partial charge on any atom is -0.458 e. The van der Waals surface area contributed by atoms with Crippen LogP contribution in [0.3, 0.4) is 0 Å². The van der Waals surface area contributed by atoms with E-state index in [-0.39, 0.29) is 37.1 Å². The number of esters is 2. The molecule has 2 N–H and O–H groups in total. The monoisotopic (exact) mass is 540 g/mol. The van der Waals surface area contributed by atoms with Gasteiger partial charge in [-0.1, -0.05) is 44.2 Å². The average Bonchev–Trinajstić information content (AvgIpc) is 2.86. The Morgan fingerprint density at radius 3 is 2.41 bits per heavy atom. The van der Waals surface area contributed by atoms with E-state index in [1.807, 2.05) is 44.2 Å². The molecule has 4 aliphatic rings. The van der Waals surface area contributed by atoms with Gasteiger partial charge >= 0.3 is 11.9 Å². The van der Waals surface area contributed by atoms with Crippen LogP contribution in [0.4, 0.5) is 0 Å². The lowest BCUT2D eigenvalue weighted by molar-refractivity contribution is -0.244. The van der Waals surface area contributed by atoms with E-state index in [0.717, 1.165) is 5.56 Å². The van der Waals surface area contributed by atoms with Gasteiger partial charge in [0.05, 0.1) is 29.8 Å². The fraction of sp³-hybridized carbons (Fsp3) is 0.645. The number of Topliss-reactive ketones (excluding diaryl/α,β-unsaturated/α-hetero) is 1. The molecule has 8 nitrogen and oxygen atoms in total. The number of hydrogen-bond donors (Lipinski definition) is 2. The quantitative estimate of drug-likeness (QED) is 0.431. The number of aryl methyl sites for hydroxylation is 1. The first-order chi connectivity index (χ1) is 18.3. The van der Waals surface area contributed by atoms with Crippen LogP contribution in [0.5, 0.6) is 0 Å². The van der Waals surface area contributed by atoms with E-state index in [4.69, 9.17) is 14.2 Å². The molecule has 2 saturated carbocycles. The highest BCUT2D eigenvalue weighted by Crippen LogP contribution is 2.61. The molecule has 0 amide bonds. The summed E-state index contributed by atoms with van der Waals surface area (Å²) in [6.45, 7) is 8.94. The van der Waals surface area contributed by atoms with Crippen molar-refractivity contribution in [2.75, 3.05) is 6.61 Å². The number of rotatable bonds is 5. The van der Waals surface area contributed by atoms with Crippen LogP contribution >= 0.6 is 0 Å². The van der Waals surface area contributed by atoms with Crippen molar-refractivity contribution in [3.05, 3.63) is 47.0 Å². The molecule has 1 aromatic carbocycles. The van der Waals surface area contributed by atoms with E-state index < -0.39 is 52.6 Å². The van der Waals surface area contributed by atoms with Gasteiger partial charge in [0.15, 0.2) is 11.9 Å². The average molecular weight is 541 g/mol. The Kier molecular flexibility index (Phi) is 7.05. The molecule has 1 aliphatic heterocycles. The van der Waals surface area contributed by atoms with Gasteiger partial charge in [-0.25, -0.2) is 0 Å². The number of benzene rings is 1. The van der Waals surface area contributed by atoms with E-state index in [1.165, 1.54) is 6.92 Å². The van der Waals surface area contributed by atoms with Gasteiger partial charge < -0.3 is 24.4 Å². The first kappa shape index (κ1) is 28.0. The Balaban J connectivity index is 1.55. The van der Waals surface area contributed by atoms with Crippen LogP contribution < -0.4 is 0 Å². The molecule has 5 rings (SSSR count). The second-order valence-electron chi connectivity index (χ2n) is 12.7. The molecule has 6 unspecified atom stereocenters. The van der Waals surface area contributed by atoms with Crippen molar-refractivity contribution in [1.82, 2.24) is 0 Å². The first-order valence-electron chi connectivity index (χ1n) is 14.0. The smallest absolute Gasteiger partial charge is 0.306 e. The van der Waals surface area contributed by atoms with Crippen LogP contribution in [0.25, 0.3) is 0 Å². The van der Waals surface area contributed by atoms with Crippen molar-refractivity contribution in [2.24, 2.45) is 22.7 Å². The summed E-state index contributed by atoms with van der Waals surface area (Å²) in [6.07, 6.45) is -1.90. The summed E-state index contributed by atoms with van der Waals surface area (Å²) in [5.41, 5.74) is -1.52. The van der Waals surface area contributed by atoms with E-state index in [2.05, 4.69) is 0 Å². The van der Waals surface area contributed by atoms with Gasteiger partial charge in [-0.3, -0.25) is 14.4 Å². The van der Waals surface area contributed by atoms with E-state index in [1.54, 1.807) is 13.8 Å². The summed E-state index contributed by atoms with van der Waals surface area (Å²) in [6, 6.07) is 9.66. The highest BCUT2D eigenvalue weighted by molar-refractivity contribution is 5.94. The second kappa shape index (κ2) is 9.82. The highest BCUT2D eigenvalue weighted by Gasteiger charge is 2.67. The number of carbonyl (C=O) groups excluding carboxylic acids is 3. The number of ether oxygens (including phenoxy) is 3. The Morgan fingerprint density at radius 1 is 1.10 bits per heavy atom. The zero-order chi connectivity index (χ0) is 28.3. The van der Waals surface area contributed by atoms with E-state index in [9.17, 15) is 24.6 Å². The summed E-state index contributed by atoms with van der Waals surface area (Å²) >= 11 is 0. The maximum Gasteiger partial charge on any atom is 0.306 e. The standard InChI is InChI=1S/C31H40O8/c1-17-23(39-25(34)12-11-19-9-7-6-8-10-19)15-31(36)14-21-20-16-37-22(20)13-24(33)30(21,5)28(35)27(38-18(2)32)26(17)29(31,3)4/h6-10,20-24,27,33,36H,11-16H2,1-5H3/t20-,21?,22?,23-,24?,27?,30?,31?/m0/s1. The molecule has 1 heterocycles. The molecule has 1 saturated heterocycles. The predicted octanol–water partition coefficient (Wildman–Crippen LogP) is 3.32. The van der Waals surface area contributed by atoms with Gasteiger partial charge in [0.1, 0.15) is 6.10 Å². The molecule has 0 spiro atoms. The second-order valence-corrected chi connectivity index (χ2v) is 12.7. The Labute approximate surface area is 229 Å². The minimum atomic E-state index is -1.39. The SMILES string of the molecule is CC(=O)OC1C(=O)C2(C)C(O)CC3OC[C@H]3C2CC2(O)C[C@H](OC(=O)CCc3ccccc3)C(C)=C1C2(C)C. The normalized spacial score (nSPS) is 38.9. The van der Waals surface area contributed by atoms with Crippen LogP contribution in [-0.4, -0.2) is 64.6 Å². The van der Waals surface area contributed by atoms with Crippen molar-refractivity contribution >= 4 is 17.7 Å². The van der Waals surface area contributed by atoms with Crippen molar-refractivity contribution in [2.45, 2.75) is 96.7 Å². The number of fused-ring (bicyclic) bond motifs is 5. The lowest BCUT2D eigenvalue weighted by Gasteiger charge is -2.62. The number of aliphatic hydroxyl groups is 2. The van der Waals surface area contributed by atoms with Gasteiger partial charge in [0.25, 0.3) is 0 Å². The molecule has 3 fully saturated rings. The molecule has 39 heavy (non-hydrogen) atoms. The summed E-state index contributed by atoms with van der Waals surface area (Å²) in [7, 11) is 0. The third-order valence-corrected chi connectivity index (χ3v) is 10.3. The van der Waals surface area contributed by atoms with Crippen LogP contribution in [0.15, 0.2) is 41.5 Å². The third kappa shape index (κ3) is 4.45. The summed E-state index contributed by atoms with van der Waals surface area (Å²) in [5, 5.41) is 23.7. The Hall–Kier alpha value is -2.55. The van der Waals surface area contributed by atoms with E-state index in [0.29, 0.717) is 30.6 Å². The maximum absolute atomic E-state index is 14.4. The Morgan fingerprint density at radius 2 is 1.79 bits per heavy atom. The molecule has 2 bridgehead atoms. The van der Waals surface area contributed by atoms with Gasteiger partial charge in [-0.15, -0.1) is 0 Å². The van der Waals surface area contributed by atoms with Gasteiger partial charge in [0.2, 0.25) is 0 Å². The molecule has 8 atom stereocenters. The molecule has 1 aromatic rings.